The predicted molar refractivity (Wildman–Crippen MR) is 120 cm³/mol. The van der Waals surface area contributed by atoms with Gasteiger partial charge in [0.05, 0.1) is 12.6 Å². The maximum atomic E-state index is 13.4. The normalized spacial score (nSPS) is 20.6. The number of amides is 3. The number of carbonyl (C=O) groups is 3. The molecule has 3 heterocycles. The second-order valence-corrected chi connectivity index (χ2v) is 9.23. The average molecular weight is 441 g/mol. The molecule has 4 rings (SSSR count). The van der Waals surface area contributed by atoms with Crippen LogP contribution in [0.2, 0.25) is 0 Å². The maximum absolute atomic E-state index is 13.4. The van der Waals surface area contributed by atoms with E-state index in [2.05, 4.69) is 24.9 Å². The Labute approximate surface area is 187 Å². The molecule has 3 N–H and O–H groups in total. The van der Waals surface area contributed by atoms with E-state index >= 15 is 0 Å². The number of hydrogen-bond donors (Lipinski definition) is 3. The van der Waals surface area contributed by atoms with Crippen LogP contribution in [-0.2, 0) is 20.8 Å². The molecule has 8 nitrogen and oxygen atoms in total. The van der Waals surface area contributed by atoms with Crippen molar-refractivity contribution in [1.29, 1.82) is 0 Å². The second kappa shape index (κ2) is 9.32. The van der Waals surface area contributed by atoms with Gasteiger partial charge >= 0.3 is 0 Å². The number of unbranched alkanes of at least 4 members (excludes halogenated alkanes) is 3. The van der Waals surface area contributed by atoms with Crippen molar-refractivity contribution in [1.82, 2.24) is 20.3 Å². The summed E-state index contributed by atoms with van der Waals surface area (Å²) in [5.41, 5.74) is 4.91. The Morgan fingerprint density at radius 1 is 1.19 bits per heavy atom. The summed E-state index contributed by atoms with van der Waals surface area (Å²) in [5, 5.41) is 9.67. The van der Waals surface area contributed by atoms with Crippen LogP contribution in [0.25, 0.3) is 10.9 Å². The lowest BCUT2D eigenvalue weighted by Crippen LogP contribution is -2.63. The smallest absolute Gasteiger partial charge is 0.246 e. The highest BCUT2D eigenvalue weighted by Gasteiger charge is 2.48. The van der Waals surface area contributed by atoms with E-state index in [1.807, 2.05) is 23.1 Å². The minimum Gasteiger partial charge on any atom is -0.356 e. The molecular weight excluding hydrogens is 408 g/mol. The Morgan fingerprint density at radius 3 is 2.69 bits per heavy atom. The molecule has 0 unspecified atom stereocenters. The van der Waals surface area contributed by atoms with Crippen molar-refractivity contribution in [3.8, 4) is 0 Å². The number of fused-ring (bicyclic) bond motifs is 4. The first kappa shape index (κ1) is 22.3. The Bertz CT molecular complexity index is 1010. The molecule has 2 aliphatic heterocycles. The van der Waals surface area contributed by atoms with Gasteiger partial charge in [-0.2, -0.15) is 0 Å². The van der Waals surface area contributed by atoms with Crippen molar-refractivity contribution in [2.24, 2.45) is 5.92 Å². The number of nitrogens with one attached hydrogen (secondary N) is 2. The van der Waals surface area contributed by atoms with Gasteiger partial charge in [-0.05, 0) is 30.4 Å². The zero-order chi connectivity index (χ0) is 22.8. The SMILES string of the molecule is CC(C)[C@H]1c2[nH]c3ccccc3c2C[C@H]2C(=O)N(CCCCCCC(=O)NO)CC(=O)N12. The summed E-state index contributed by atoms with van der Waals surface area (Å²) in [5.74, 6) is -0.150. The largest absolute Gasteiger partial charge is 0.356 e. The van der Waals surface area contributed by atoms with Gasteiger partial charge in [-0.3, -0.25) is 19.6 Å². The van der Waals surface area contributed by atoms with E-state index in [9.17, 15) is 14.4 Å². The lowest BCUT2D eigenvalue weighted by molar-refractivity contribution is -0.160. The summed E-state index contributed by atoms with van der Waals surface area (Å²) in [4.78, 5) is 44.8. The number of H-pyrrole nitrogens is 1. The number of nitrogens with zero attached hydrogens (tertiary/aromatic N) is 2. The summed E-state index contributed by atoms with van der Waals surface area (Å²) in [6.45, 7) is 4.88. The van der Waals surface area contributed by atoms with Gasteiger partial charge < -0.3 is 14.8 Å². The molecule has 1 fully saturated rings. The molecule has 1 aromatic heterocycles. The fourth-order valence-corrected chi connectivity index (χ4v) is 5.23. The summed E-state index contributed by atoms with van der Waals surface area (Å²) < 4.78 is 0. The molecule has 0 aliphatic carbocycles. The van der Waals surface area contributed by atoms with Gasteiger partial charge in [0.15, 0.2) is 0 Å². The average Bonchev–Trinajstić information content (AvgIpc) is 3.15. The van der Waals surface area contributed by atoms with Crippen LogP contribution in [0.1, 0.15) is 63.3 Å². The Kier molecular flexibility index (Phi) is 6.50. The highest BCUT2D eigenvalue weighted by atomic mass is 16.5. The molecule has 8 heteroatoms. The van der Waals surface area contributed by atoms with E-state index in [-0.39, 0.29) is 42.6 Å². The van der Waals surface area contributed by atoms with Gasteiger partial charge in [0.25, 0.3) is 0 Å². The number of carbonyl (C=O) groups excluding carboxylic acids is 3. The van der Waals surface area contributed by atoms with Crippen molar-refractivity contribution < 1.29 is 19.6 Å². The Balaban J connectivity index is 1.47. The zero-order valence-corrected chi connectivity index (χ0v) is 18.8. The van der Waals surface area contributed by atoms with Gasteiger partial charge in [0.1, 0.15) is 6.04 Å². The molecule has 32 heavy (non-hydrogen) atoms. The van der Waals surface area contributed by atoms with Crippen molar-refractivity contribution in [2.75, 3.05) is 13.1 Å². The number of para-hydroxylation sites is 1. The summed E-state index contributed by atoms with van der Waals surface area (Å²) in [7, 11) is 0. The predicted octanol–water partition coefficient (Wildman–Crippen LogP) is 2.92. The quantitative estimate of drug-likeness (QED) is 0.333. The molecule has 0 spiro atoms. The molecule has 2 atom stereocenters. The maximum Gasteiger partial charge on any atom is 0.246 e. The van der Waals surface area contributed by atoms with Crippen LogP contribution in [0.3, 0.4) is 0 Å². The lowest BCUT2D eigenvalue weighted by Gasteiger charge is -2.48. The van der Waals surface area contributed by atoms with E-state index in [4.69, 9.17) is 5.21 Å². The van der Waals surface area contributed by atoms with E-state index in [0.29, 0.717) is 19.4 Å². The molecule has 2 aliphatic rings. The fraction of sp³-hybridized carbons (Fsp3) is 0.542. The minimum atomic E-state index is -0.455. The van der Waals surface area contributed by atoms with E-state index in [1.165, 1.54) is 0 Å². The third-order valence-electron chi connectivity index (χ3n) is 6.72. The summed E-state index contributed by atoms with van der Waals surface area (Å²) >= 11 is 0. The number of aromatic nitrogens is 1. The van der Waals surface area contributed by atoms with Gasteiger partial charge in [-0.15, -0.1) is 0 Å². The minimum absolute atomic E-state index is 0.0113. The topological polar surface area (TPSA) is 106 Å². The van der Waals surface area contributed by atoms with Crippen molar-refractivity contribution in [2.45, 2.75) is 64.5 Å². The number of aromatic amines is 1. The van der Waals surface area contributed by atoms with Gasteiger partial charge in [0, 0.05) is 36.0 Å². The Morgan fingerprint density at radius 2 is 1.94 bits per heavy atom. The Hall–Kier alpha value is -2.87. The summed E-state index contributed by atoms with van der Waals surface area (Å²) in [6, 6.07) is 7.55. The van der Waals surface area contributed by atoms with Crippen molar-refractivity contribution >= 4 is 28.6 Å². The summed E-state index contributed by atoms with van der Waals surface area (Å²) in [6.07, 6.45) is 4.02. The van der Waals surface area contributed by atoms with Crippen LogP contribution in [0.15, 0.2) is 24.3 Å². The highest BCUT2D eigenvalue weighted by Crippen LogP contribution is 2.42. The number of piperazine rings is 1. The third kappa shape index (κ3) is 4.11. The monoisotopic (exact) mass is 440 g/mol. The van der Waals surface area contributed by atoms with E-state index < -0.39 is 6.04 Å². The molecule has 172 valence electrons. The lowest BCUT2D eigenvalue weighted by atomic mass is 9.84. The van der Waals surface area contributed by atoms with Gasteiger partial charge in [-0.25, -0.2) is 5.48 Å². The number of rotatable bonds is 8. The second-order valence-electron chi connectivity index (χ2n) is 9.23. The van der Waals surface area contributed by atoms with Crippen LogP contribution in [-0.4, -0.2) is 56.8 Å². The molecule has 0 radical (unpaired) electrons. The number of benzene rings is 1. The fourth-order valence-electron chi connectivity index (χ4n) is 5.23. The van der Waals surface area contributed by atoms with Crippen molar-refractivity contribution in [3.63, 3.8) is 0 Å². The molecule has 1 aromatic carbocycles. The molecular formula is C24H32N4O4. The van der Waals surface area contributed by atoms with Crippen LogP contribution < -0.4 is 5.48 Å². The van der Waals surface area contributed by atoms with Crippen molar-refractivity contribution in [3.05, 3.63) is 35.5 Å². The highest BCUT2D eigenvalue weighted by molar-refractivity contribution is 5.97. The van der Waals surface area contributed by atoms with Crippen LogP contribution >= 0.6 is 0 Å². The first-order valence-corrected chi connectivity index (χ1v) is 11.5. The van der Waals surface area contributed by atoms with Crippen LogP contribution in [0.4, 0.5) is 0 Å². The molecule has 0 saturated carbocycles. The third-order valence-corrected chi connectivity index (χ3v) is 6.72. The first-order valence-electron chi connectivity index (χ1n) is 11.5. The van der Waals surface area contributed by atoms with Gasteiger partial charge in [-0.1, -0.05) is 44.9 Å². The number of hydroxylamine groups is 1. The van der Waals surface area contributed by atoms with E-state index in [0.717, 1.165) is 41.4 Å². The molecule has 0 bridgehead atoms. The molecule has 2 aromatic rings. The first-order chi connectivity index (χ1) is 15.4. The number of hydrogen-bond acceptors (Lipinski definition) is 4. The standard InChI is InChI=1S/C24H32N4O4/c1-15(2)23-22-17(16-9-6-7-10-18(16)25-22)13-19-24(31)27(14-21(30)28(19)23)12-8-4-3-5-11-20(29)26-32/h6-7,9-10,15,19,23,25,32H,3-5,8,11-14H2,1-2H3,(H,26,29)/t19-,23-/m0/s1. The van der Waals surface area contributed by atoms with Crippen LogP contribution in [0, 0.1) is 5.92 Å². The molecule has 1 saturated heterocycles. The van der Waals surface area contributed by atoms with Crippen LogP contribution in [0.5, 0.6) is 0 Å². The zero-order valence-electron chi connectivity index (χ0n) is 18.8. The molecule has 3 amide bonds. The van der Waals surface area contributed by atoms with E-state index in [1.54, 1.807) is 10.4 Å². The van der Waals surface area contributed by atoms with Gasteiger partial charge in [0.2, 0.25) is 17.7 Å².